The van der Waals surface area contributed by atoms with E-state index in [-0.39, 0.29) is 64.1 Å². The summed E-state index contributed by atoms with van der Waals surface area (Å²) in [5.41, 5.74) is 6.63. The molecule has 0 amide bonds. The molecular weight excluding hydrogens is 1090 g/mol. The summed E-state index contributed by atoms with van der Waals surface area (Å²) in [6.45, 7) is 27.2. The Balaban J connectivity index is 0.000000320. The molecule has 4 aromatic rings. The third kappa shape index (κ3) is 14.1. The van der Waals surface area contributed by atoms with Crippen molar-refractivity contribution in [2.45, 2.75) is 127 Å². The molecule has 0 spiro atoms. The van der Waals surface area contributed by atoms with Gasteiger partial charge in [-0.15, -0.1) is 0 Å². The maximum absolute atomic E-state index is 12.5. The van der Waals surface area contributed by atoms with E-state index in [2.05, 4.69) is 180 Å². The Morgan fingerprint density at radius 1 is 0.339 bits per heavy atom. The summed E-state index contributed by atoms with van der Waals surface area (Å²) in [7, 11) is -15.2. The van der Waals surface area contributed by atoms with Crippen molar-refractivity contribution < 1.29 is 103 Å². The molecular formula is C44H52F8I2O6S2. The number of benzene rings is 4. The highest BCUT2D eigenvalue weighted by Gasteiger charge is 2.84. The molecule has 0 radical (unpaired) electrons. The van der Waals surface area contributed by atoms with Crippen LogP contribution in [0.4, 0.5) is 35.1 Å². The van der Waals surface area contributed by atoms with Gasteiger partial charge in [-0.2, -0.15) is 35.1 Å². The molecule has 0 unspecified atom stereocenters. The Hall–Kier alpha value is -2.40. The molecule has 0 atom stereocenters. The first-order chi connectivity index (χ1) is 27.6. The van der Waals surface area contributed by atoms with Gasteiger partial charge >= 0.3 is 64.8 Å². The number of rotatable bonds is 9. The van der Waals surface area contributed by atoms with Crippen LogP contribution in [0.5, 0.6) is 0 Å². The van der Waals surface area contributed by atoms with Gasteiger partial charge in [0.25, 0.3) is 0 Å². The minimum absolute atomic E-state index is 0.0703. The lowest BCUT2D eigenvalue weighted by molar-refractivity contribution is -0.597. The van der Waals surface area contributed by atoms with Crippen LogP contribution in [0, 0.1) is 14.3 Å². The minimum atomic E-state index is -7.68. The van der Waals surface area contributed by atoms with Crippen LogP contribution < -0.4 is 42.4 Å². The predicted molar refractivity (Wildman–Crippen MR) is 215 cm³/mol. The molecule has 346 valence electrons. The summed E-state index contributed by atoms with van der Waals surface area (Å²) in [4.78, 5) is 0. The van der Waals surface area contributed by atoms with Crippen molar-refractivity contribution in [3.05, 3.63) is 134 Å². The summed E-state index contributed by atoms with van der Waals surface area (Å²) >= 11 is -0.141. The first kappa shape index (κ1) is 55.7. The van der Waals surface area contributed by atoms with Gasteiger partial charge in [-0.3, -0.25) is 0 Å². The lowest BCUT2D eigenvalue weighted by Gasteiger charge is -2.37. The van der Waals surface area contributed by atoms with Crippen molar-refractivity contribution in [2.75, 3.05) is 0 Å². The number of hydrogen-bond acceptors (Lipinski definition) is 6. The van der Waals surface area contributed by atoms with Crippen LogP contribution in [0.3, 0.4) is 0 Å². The van der Waals surface area contributed by atoms with Crippen molar-refractivity contribution in [3.63, 3.8) is 0 Å². The van der Waals surface area contributed by atoms with Crippen LogP contribution in [0.1, 0.15) is 105 Å². The van der Waals surface area contributed by atoms with E-state index in [1.807, 2.05) is 0 Å². The molecule has 4 rings (SSSR count). The molecule has 0 aliphatic heterocycles. The zero-order valence-corrected chi connectivity index (χ0v) is 42.2. The van der Waals surface area contributed by atoms with Gasteiger partial charge in [0.2, 0.25) is 0 Å². The van der Waals surface area contributed by atoms with E-state index in [1.54, 1.807) is 0 Å². The van der Waals surface area contributed by atoms with E-state index >= 15 is 0 Å². The van der Waals surface area contributed by atoms with E-state index in [0.717, 1.165) is 0 Å². The second-order valence-electron chi connectivity index (χ2n) is 18.3. The van der Waals surface area contributed by atoms with Gasteiger partial charge in [-0.25, -0.2) is 16.8 Å². The average Bonchev–Trinajstić information content (AvgIpc) is 3.10. The third-order valence-electron chi connectivity index (χ3n) is 9.03. The highest BCUT2D eigenvalue weighted by atomic mass is 127. The third-order valence-corrected chi connectivity index (χ3v) is 16.2. The van der Waals surface area contributed by atoms with Gasteiger partial charge in [0.1, 0.15) is 0 Å². The zero-order valence-electron chi connectivity index (χ0n) is 36.3. The summed E-state index contributed by atoms with van der Waals surface area (Å²) in [5, 5.41) is -14.6. The minimum Gasteiger partial charge on any atom is -0.743 e. The van der Waals surface area contributed by atoms with Gasteiger partial charge in [0.15, 0.2) is 34.5 Å². The maximum Gasteiger partial charge on any atom is 0.402 e. The van der Waals surface area contributed by atoms with Crippen LogP contribution in [0.2, 0.25) is 0 Å². The van der Waals surface area contributed by atoms with Gasteiger partial charge in [0.05, 0.1) is 0 Å². The van der Waals surface area contributed by atoms with Gasteiger partial charge in [-0.05, 0) is 92.4 Å². The van der Waals surface area contributed by atoms with Crippen molar-refractivity contribution in [2.24, 2.45) is 0 Å². The lowest BCUT2D eigenvalue weighted by Crippen LogP contribution is -3.61. The van der Waals surface area contributed by atoms with Crippen LogP contribution in [-0.4, -0.2) is 48.3 Å². The first-order valence-corrected chi connectivity index (χ1v) is 25.8. The number of halogens is 10. The van der Waals surface area contributed by atoms with E-state index in [1.165, 1.54) is 36.5 Å². The Bertz CT molecular complexity index is 2030. The second-order valence-corrected chi connectivity index (χ2v) is 27.2. The Morgan fingerprint density at radius 3 is 0.597 bits per heavy atom. The number of alkyl halides is 8. The highest BCUT2D eigenvalue weighted by molar-refractivity contribution is 7.87. The van der Waals surface area contributed by atoms with Crippen LogP contribution in [-0.2, 0) is 41.9 Å². The molecule has 0 aliphatic carbocycles. The Kier molecular flexibility index (Phi) is 17.6. The quantitative estimate of drug-likeness (QED) is 0.127. The monoisotopic (exact) mass is 1150 g/mol. The van der Waals surface area contributed by atoms with Crippen LogP contribution in [0.15, 0.2) is 97.1 Å². The summed E-state index contributed by atoms with van der Waals surface area (Å²) < 4.78 is 164. The van der Waals surface area contributed by atoms with Gasteiger partial charge in [-0.1, -0.05) is 132 Å². The zero-order chi connectivity index (χ0) is 48.3. The lowest BCUT2D eigenvalue weighted by atomic mass is 9.87. The fourth-order valence-electron chi connectivity index (χ4n) is 4.98. The largest absolute Gasteiger partial charge is 0.743 e. The van der Waals surface area contributed by atoms with Crippen LogP contribution >= 0.6 is 0 Å². The molecule has 62 heavy (non-hydrogen) atoms. The maximum atomic E-state index is 12.5. The Labute approximate surface area is 381 Å². The second kappa shape index (κ2) is 19.6. The smallest absolute Gasteiger partial charge is 0.402 e. The normalized spacial score (nSPS) is 13.7. The molecule has 0 heterocycles. The van der Waals surface area contributed by atoms with Gasteiger partial charge < -0.3 is 9.11 Å². The molecule has 0 fully saturated rings. The molecule has 4 aromatic carbocycles. The molecule has 0 saturated carbocycles. The van der Waals surface area contributed by atoms with E-state index in [4.69, 9.17) is 0 Å². The van der Waals surface area contributed by atoms with Crippen molar-refractivity contribution in [1.82, 2.24) is 0 Å². The highest BCUT2D eigenvalue weighted by Crippen LogP contribution is 2.55. The average molecular weight is 1150 g/mol. The number of hydrogen-bond donors (Lipinski definition) is 0. The fourth-order valence-corrected chi connectivity index (χ4v) is 10.2. The SMILES string of the molecule is CC(C)(C)c1ccc([I+]c2ccc(C(C)(C)C)cc2)cc1.CC(C)(C)c1ccc([I+]c2ccc(C(C)(C)C)cc2)cc1.O=S(=O)([O-])C(F)(F)C(F)(F)C(F)(F)C(F)(F)S(=O)(=O)[O-]. The molecule has 0 aliphatic rings. The van der Waals surface area contributed by atoms with Crippen molar-refractivity contribution >= 4 is 20.2 Å². The van der Waals surface area contributed by atoms with Gasteiger partial charge in [0, 0.05) is 0 Å². The molecule has 18 heteroatoms. The first-order valence-electron chi connectivity index (χ1n) is 18.7. The fraction of sp³-hybridized carbons (Fsp3) is 0.455. The molecule has 0 aromatic heterocycles. The van der Waals surface area contributed by atoms with E-state index in [9.17, 15) is 61.1 Å². The van der Waals surface area contributed by atoms with Crippen molar-refractivity contribution in [3.8, 4) is 0 Å². The van der Waals surface area contributed by atoms with E-state index < -0.39 is 42.6 Å². The predicted octanol–water partition coefficient (Wildman–Crippen LogP) is 5.35. The topological polar surface area (TPSA) is 114 Å². The summed E-state index contributed by atoms with van der Waals surface area (Å²) in [5.74, 6) is -15.4. The standard InChI is InChI=1S/2C20H26I.C4H2F8O6S2/c2*1-19(2,3)15-7-11-17(12-8-15)21-18-13-9-16(10-14-18)20(4,5)6;5-1(6,3(9,10)19(13,14)15)2(7,8)4(11,12)20(16,17)18/h2*7-14H,1-6H3;(H,13,14,15)(H,16,17,18)/q2*+1;/p-2. The van der Waals surface area contributed by atoms with Crippen molar-refractivity contribution in [1.29, 1.82) is 0 Å². The molecule has 0 bridgehead atoms. The molecule has 6 nitrogen and oxygen atoms in total. The molecule has 0 N–H and O–H groups in total. The summed E-state index contributed by atoms with van der Waals surface area (Å²) in [6, 6.07) is 36.8. The molecule has 0 saturated heterocycles. The Morgan fingerprint density at radius 2 is 0.484 bits per heavy atom. The van der Waals surface area contributed by atoms with E-state index in [0.29, 0.717) is 0 Å². The van der Waals surface area contributed by atoms with Crippen LogP contribution in [0.25, 0.3) is 0 Å². The summed E-state index contributed by atoms with van der Waals surface area (Å²) in [6.07, 6.45) is 0.